The van der Waals surface area contributed by atoms with Crippen LogP contribution in [0, 0.1) is 5.82 Å². The van der Waals surface area contributed by atoms with Crippen molar-refractivity contribution >= 4 is 29.2 Å². The molecule has 3 amide bonds. The average Bonchev–Trinajstić information content (AvgIpc) is 3.05. The predicted molar refractivity (Wildman–Crippen MR) is 85.0 cm³/mol. The summed E-state index contributed by atoms with van der Waals surface area (Å²) in [6.45, 7) is 1.34. The molecule has 24 heavy (non-hydrogen) atoms. The molecule has 1 aromatic heterocycles. The van der Waals surface area contributed by atoms with Crippen molar-refractivity contribution in [2.45, 2.75) is 13.0 Å². The number of hydrogen-bond donors (Lipinski definition) is 2. The van der Waals surface area contributed by atoms with Crippen molar-refractivity contribution in [3.05, 3.63) is 41.2 Å². The highest BCUT2D eigenvalue weighted by Gasteiger charge is 2.22. The number of esters is 1. The molecule has 126 valence electrons. The zero-order valence-electron chi connectivity index (χ0n) is 12.8. The number of imide groups is 1. The number of carbonyl (C=O) groups excluding carboxylic acids is 3. The number of amides is 3. The lowest BCUT2D eigenvalue weighted by molar-refractivity contribution is -0.127. The van der Waals surface area contributed by atoms with Crippen molar-refractivity contribution in [3.63, 3.8) is 0 Å². The van der Waals surface area contributed by atoms with Gasteiger partial charge in [0.15, 0.2) is 11.8 Å². The van der Waals surface area contributed by atoms with Gasteiger partial charge < -0.3 is 10.1 Å². The molecule has 0 saturated heterocycles. The van der Waals surface area contributed by atoms with E-state index in [1.807, 2.05) is 5.32 Å². The zero-order valence-corrected chi connectivity index (χ0v) is 13.6. The van der Waals surface area contributed by atoms with Gasteiger partial charge in [0.25, 0.3) is 5.91 Å². The highest BCUT2D eigenvalue weighted by atomic mass is 32.1. The van der Waals surface area contributed by atoms with Crippen LogP contribution in [-0.4, -0.2) is 36.0 Å². The summed E-state index contributed by atoms with van der Waals surface area (Å²) < 4.78 is 17.9. The van der Waals surface area contributed by atoms with E-state index in [9.17, 15) is 18.8 Å². The number of thiazole rings is 1. The molecule has 0 unspecified atom stereocenters. The van der Waals surface area contributed by atoms with Crippen LogP contribution in [0.4, 0.5) is 9.18 Å². The molecule has 0 aliphatic heterocycles. The average molecular weight is 351 g/mol. The Labute approximate surface area is 140 Å². The van der Waals surface area contributed by atoms with Gasteiger partial charge in [0, 0.05) is 18.0 Å². The minimum absolute atomic E-state index is 0.0268. The van der Waals surface area contributed by atoms with Gasteiger partial charge in [0.1, 0.15) is 10.8 Å². The number of rotatable bonds is 4. The van der Waals surface area contributed by atoms with Crippen LogP contribution in [0.15, 0.2) is 29.6 Å². The van der Waals surface area contributed by atoms with Crippen LogP contribution < -0.4 is 10.6 Å². The Kier molecular flexibility index (Phi) is 5.59. The molecule has 0 spiro atoms. The zero-order chi connectivity index (χ0) is 17.7. The molecule has 1 heterocycles. The number of benzene rings is 1. The summed E-state index contributed by atoms with van der Waals surface area (Å²) in [5.41, 5.74) is 0.685. The number of nitrogens with one attached hydrogen (secondary N) is 2. The summed E-state index contributed by atoms with van der Waals surface area (Å²) in [4.78, 5) is 38.8. The van der Waals surface area contributed by atoms with Gasteiger partial charge in [-0.15, -0.1) is 11.3 Å². The van der Waals surface area contributed by atoms with E-state index >= 15 is 0 Å². The molecular formula is C15H14FN3O4S. The molecule has 2 N–H and O–H groups in total. The van der Waals surface area contributed by atoms with Crippen molar-refractivity contribution in [1.29, 1.82) is 0 Å². The standard InChI is InChI=1S/C15H14FN3O4S/c1-8(12(20)19-15(22)17-2)23-14(21)11-7-24-13(18-11)9-3-5-10(16)6-4-9/h3-8H,1-2H3,(H2,17,19,20,22)/t8-/m0/s1. The highest BCUT2D eigenvalue weighted by molar-refractivity contribution is 7.13. The summed E-state index contributed by atoms with van der Waals surface area (Å²) in [5, 5.41) is 6.21. The van der Waals surface area contributed by atoms with Gasteiger partial charge in [-0.2, -0.15) is 0 Å². The molecule has 1 atom stereocenters. The van der Waals surface area contributed by atoms with E-state index in [2.05, 4.69) is 10.3 Å². The van der Waals surface area contributed by atoms with Gasteiger partial charge in [-0.05, 0) is 31.2 Å². The molecule has 0 saturated carbocycles. The van der Waals surface area contributed by atoms with Crippen LogP contribution in [0.2, 0.25) is 0 Å². The van der Waals surface area contributed by atoms with Gasteiger partial charge in [-0.25, -0.2) is 19.0 Å². The highest BCUT2D eigenvalue weighted by Crippen LogP contribution is 2.24. The van der Waals surface area contributed by atoms with E-state index in [-0.39, 0.29) is 11.5 Å². The Morgan fingerprint density at radius 3 is 2.54 bits per heavy atom. The van der Waals surface area contributed by atoms with Crippen LogP contribution in [0.25, 0.3) is 10.6 Å². The number of ether oxygens (including phenoxy) is 1. The van der Waals surface area contributed by atoms with Crippen molar-refractivity contribution in [3.8, 4) is 10.6 Å². The minimum Gasteiger partial charge on any atom is -0.448 e. The summed E-state index contributed by atoms with van der Waals surface area (Å²) >= 11 is 1.19. The minimum atomic E-state index is -1.16. The number of nitrogens with zero attached hydrogens (tertiary/aromatic N) is 1. The molecule has 0 bridgehead atoms. The van der Waals surface area contributed by atoms with E-state index in [4.69, 9.17) is 4.74 Å². The molecule has 9 heteroatoms. The fourth-order valence-electron chi connectivity index (χ4n) is 1.64. The smallest absolute Gasteiger partial charge is 0.358 e. The van der Waals surface area contributed by atoms with E-state index < -0.39 is 24.0 Å². The summed E-state index contributed by atoms with van der Waals surface area (Å²) in [5.74, 6) is -1.92. The van der Waals surface area contributed by atoms with Gasteiger partial charge in [0.2, 0.25) is 0 Å². The summed E-state index contributed by atoms with van der Waals surface area (Å²) in [7, 11) is 1.35. The molecular weight excluding hydrogens is 337 g/mol. The third-order valence-electron chi connectivity index (χ3n) is 2.92. The third-order valence-corrected chi connectivity index (χ3v) is 3.81. The lowest BCUT2D eigenvalue weighted by Crippen LogP contribution is -2.43. The largest absolute Gasteiger partial charge is 0.448 e. The lowest BCUT2D eigenvalue weighted by Gasteiger charge is -2.11. The molecule has 0 fully saturated rings. The maximum Gasteiger partial charge on any atom is 0.358 e. The van der Waals surface area contributed by atoms with Gasteiger partial charge in [-0.1, -0.05) is 0 Å². The number of halogens is 1. The SMILES string of the molecule is CNC(=O)NC(=O)[C@H](C)OC(=O)c1csc(-c2ccc(F)cc2)n1. The van der Waals surface area contributed by atoms with E-state index in [0.29, 0.717) is 10.6 Å². The Hall–Kier alpha value is -2.81. The number of aromatic nitrogens is 1. The van der Waals surface area contributed by atoms with Crippen LogP contribution >= 0.6 is 11.3 Å². The van der Waals surface area contributed by atoms with Crippen LogP contribution in [0.1, 0.15) is 17.4 Å². The Morgan fingerprint density at radius 2 is 1.92 bits per heavy atom. The summed E-state index contributed by atoms with van der Waals surface area (Å²) in [6.07, 6.45) is -1.16. The first kappa shape index (κ1) is 17.5. The molecule has 0 radical (unpaired) electrons. The van der Waals surface area contributed by atoms with Crippen molar-refractivity contribution in [2.75, 3.05) is 7.05 Å². The predicted octanol–water partition coefficient (Wildman–Crippen LogP) is 1.95. The first-order chi connectivity index (χ1) is 11.4. The quantitative estimate of drug-likeness (QED) is 0.821. The fourth-order valence-corrected chi connectivity index (χ4v) is 2.44. The van der Waals surface area contributed by atoms with Crippen LogP contribution in [0.5, 0.6) is 0 Å². The Balaban J connectivity index is 2.02. The molecule has 0 aliphatic rings. The molecule has 2 aromatic rings. The van der Waals surface area contributed by atoms with E-state index in [1.165, 1.54) is 42.8 Å². The lowest BCUT2D eigenvalue weighted by atomic mass is 10.2. The summed E-state index contributed by atoms with van der Waals surface area (Å²) in [6, 6.07) is 4.97. The van der Waals surface area contributed by atoms with Crippen LogP contribution in [0.3, 0.4) is 0 Å². The van der Waals surface area contributed by atoms with Crippen molar-refractivity contribution in [2.24, 2.45) is 0 Å². The first-order valence-corrected chi connectivity index (χ1v) is 7.73. The van der Waals surface area contributed by atoms with E-state index in [0.717, 1.165) is 0 Å². The number of urea groups is 1. The van der Waals surface area contributed by atoms with E-state index in [1.54, 1.807) is 12.1 Å². The second-order valence-electron chi connectivity index (χ2n) is 4.66. The van der Waals surface area contributed by atoms with Gasteiger partial charge in [0.05, 0.1) is 0 Å². The molecule has 0 aliphatic carbocycles. The molecule has 1 aromatic carbocycles. The van der Waals surface area contributed by atoms with Gasteiger partial charge >= 0.3 is 12.0 Å². The number of carbonyl (C=O) groups is 3. The normalized spacial score (nSPS) is 11.5. The molecule has 2 rings (SSSR count). The monoisotopic (exact) mass is 351 g/mol. The van der Waals surface area contributed by atoms with Crippen molar-refractivity contribution < 1.29 is 23.5 Å². The van der Waals surface area contributed by atoms with Crippen molar-refractivity contribution in [1.82, 2.24) is 15.6 Å². The second kappa shape index (κ2) is 7.64. The topological polar surface area (TPSA) is 97.4 Å². The maximum absolute atomic E-state index is 12.9. The third kappa shape index (κ3) is 4.35. The Bertz CT molecular complexity index is 760. The Morgan fingerprint density at radius 1 is 1.25 bits per heavy atom. The van der Waals surface area contributed by atoms with Gasteiger partial charge in [-0.3, -0.25) is 10.1 Å². The van der Waals surface area contributed by atoms with Crippen LogP contribution in [-0.2, 0) is 9.53 Å². The molecule has 7 nitrogen and oxygen atoms in total. The first-order valence-electron chi connectivity index (χ1n) is 6.85. The fraction of sp³-hybridized carbons (Fsp3) is 0.200. The second-order valence-corrected chi connectivity index (χ2v) is 5.52. The number of hydrogen-bond acceptors (Lipinski definition) is 6. The maximum atomic E-state index is 12.9.